The van der Waals surface area contributed by atoms with Crippen LogP contribution in [0.2, 0.25) is 0 Å². The zero-order valence-electron chi connectivity index (χ0n) is 16.7. The van der Waals surface area contributed by atoms with Gasteiger partial charge < -0.3 is 23.9 Å². The van der Waals surface area contributed by atoms with Crippen molar-refractivity contribution >= 4 is 22.6 Å². The van der Waals surface area contributed by atoms with E-state index in [1.165, 1.54) is 6.26 Å². The Kier molecular flexibility index (Phi) is 5.84. The molecule has 0 unspecified atom stereocenters. The Morgan fingerprint density at radius 1 is 0.935 bits per heavy atom. The highest BCUT2D eigenvalue weighted by Crippen LogP contribution is 2.25. The van der Waals surface area contributed by atoms with E-state index >= 15 is 0 Å². The largest absolute Gasteiger partial charge is 0.497 e. The smallest absolute Gasteiger partial charge is 0.262 e. The van der Waals surface area contributed by atoms with Crippen molar-refractivity contribution in [3.05, 3.63) is 89.3 Å². The van der Waals surface area contributed by atoms with E-state index in [4.69, 9.17) is 18.6 Å². The van der Waals surface area contributed by atoms with Gasteiger partial charge in [0.25, 0.3) is 5.91 Å². The van der Waals surface area contributed by atoms with E-state index in [0.29, 0.717) is 33.9 Å². The molecule has 4 rings (SSSR count). The van der Waals surface area contributed by atoms with Crippen molar-refractivity contribution in [1.29, 1.82) is 0 Å². The Morgan fingerprint density at radius 3 is 2.39 bits per heavy atom. The molecule has 3 aromatic carbocycles. The molecule has 0 saturated carbocycles. The van der Waals surface area contributed by atoms with Crippen LogP contribution in [-0.2, 0) is 4.79 Å². The van der Waals surface area contributed by atoms with Gasteiger partial charge in [-0.25, -0.2) is 0 Å². The fraction of sp³-hybridized carbons (Fsp3) is 0.0833. The normalized spacial score (nSPS) is 10.5. The lowest BCUT2D eigenvalue weighted by molar-refractivity contribution is -0.118. The summed E-state index contributed by atoms with van der Waals surface area (Å²) in [7, 11) is 1.57. The number of rotatable bonds is 7. The zero-order chi connectivity index (χ0) is 21.6. The highest BCUT2D eigenvalue weighted by Gasteiger charge is 2.11. The number of carbonyl (C=O) groups excluding carboxylic acids is 1. The Bertz CT molecular complexity index is 1250. The fourth-order valence-corrected chi connectivity index (χ4v) is 2.89. The summed E-state index contributed by atoms with van der Waals surface area (Å²) >= 11 is 0. The topological polar surface area (TPSA) is 87.0 Å². The summed E-state index contributed by atoms with van der Waals surface area (Å²) in [6.45, 7) is -0.177. The molecule has 0 bridgehead atoms. The molecule has 1 amide bonds. The van der Waals surface area contributed by atoms with E-state index in [0.717, 1.165) is 0 Å². The molecule has 1 N–H and O–H groups in total. The molecule has 4 aromatic rings. The lowest BCUT2D eigenvalue weighted by Crippen LogP contribution is -2.20. The molecule has 1 aromatic heterocycles. The van der Waals surface area contributed by atoms with Crippen LogP contribution in [0.15, 0.2) is 88.3 Å². The van der Waals surface area contributed by atoms with E-state index in [1.54, 1.807) is 61.7 Å². The molecule has 0 saturated heterocycles. The first kappa shape index (κ1) is 20.0. The third-order valence-electron chi connectivity index (χ3n) is 4.43. The quantitative estimate of drug-likeness (QED) is 0.472. The third-order valence-corrected chi connectivity index (χ3v) is 4.43. The van der Waals surface area contributed by atoms with E-state index in [-0.39, 0.29) is 23.7 Å². The van der Waals surface area contributed by atoms with Crippen molar-refractivity contribution in [2.45, 2.75) is 0 Å². The van der Waals surface area contributed by atoms with Crippen LogP contribution >= 0.6 is 0 Å². The second kappa shape index (κ2) is 9.04. The van der Waals surface area contributed by atoms with E-state index < -0.39 is 0 Å². The highest BCUT2D eigenvalue weighted by atomic mass is 16.5. The van der Waals surface area contributed by atoms with Crippen LogP contribution in [0.5, 0.6) is 23.0 Å². The maximum absolute atomic E-state index is 12.7. The average molecular weight is 417 g/mol. The van der Waals surface area contributed by atoms with Gasteiger partial charge in [-0.2, -0.15) is 0 Å². The average Bonchev–Trinajstić information content (AvgIpc) is 2.80. The second-order valence-corrected chi connectivity index (χ2v) is 6.57. The number of nitrogens with one attached hydrogen (secondary N) is 1. The second-order valence-electron chi connectivity index (χ2n) is 6.57. The molecule has 7 nitrogen and oxygen atoms in total. The highest BCUT2D eigenvalue weighted by molar-refractivity contribution is 5.91. The molecule has 0 aliphatic heterocycles. The summed E-state index contributed by atoms with van der Waals surface area (Å²) in [5.41, 5.74) is 0.698. The Hall–Kier alpha value is -4.26. The number of hydrogen-bond acceptors (Lipinski definition) is 6. The molecule has 0 atom stereocenters. The van der Waals surface area contributed by atoms with Gasteiger partial charge in [-0.05, 0) is 48.5 Å². The van der Waals surface area contributed by atoms with Crippen molar-refractivity contribution in [1.82, 2.24) is 0 Å². The maximum Gasteiger partial charge on any atom is 0.262 e. The first-order valence-corrected chi connectivity index (χ1v) is 9.47. The molecule has 0 spiro atoms. The standard InChI is InChI=1S/C24H19NO6/c1-28-17-7-9-18(10-8-17)31-22-14-30-21-13-19(11-12-20(21)24(22)27)29-15-23(26)25-16-5-3-2-4-6-16/h2-14H,15H2,1H3,(H,25,26). The minimum Gasteiger partial charge on any atom is -0.497 e. The van der Waals surface area contributed by atoms with Crippen molar-refractivity contribution in [2.75, 3.05) is 19.0 Å². The van der Waals surface area contributed by atoms with Crippen LogP contribution in [0.1, 0.15) is 0 Å². The zero-order valence-corrected chi connectivity index (χ0v) is 16.7. The molecular weight excluding hydrogens is 398 g/mol. The number of hydrogen-bond donors (Lipinski definition) is 1. The SMILES string of the molecule is COc1ccc(Oc2coc3cc(OCC(=O)Nc4ccccc4)ccc3c2=O)cc1. The van der Waals surface area contributed by atoms with Crippen molar-refractivity contribution in [3.63, 3.8) is 0 Å². The number of benzene rings is 3. The van der Waals surface area contributed by atoms with Gasteiger partial charge in [-0.3, -0.25) is 9.59 Å². The summed E-state index contributed by atoms with van der Waals surface area (Å²) in [5.74, 6) is 1.34. The first-order chi connectivity index (χ1) is 15.1. The van der Waals surface area contributed by atoms with E-state index in [1.807, 2.05) is 18.2 Å². The Morgan fingerprint density at radius 2 is 1.65 bits per heavy atom. The van der Waals surface area contributed by atoms with Gasteiger partial charge in [-0.15, -0.1) is 0 Å². The summed E-state index contributed by atoms with van der Waals surface area (Å²) < 4.78 is 21.8. The molecule has 0 aliphatic rings. The van der Waals surface area contributed by atoms with Gasteiger partial charge >= 0.3 is 0 Å². The lowest BCUT2D eigenvalue weighted by Gasteiger charge is -2.09. The molecule has 31 heavy (non-hydrogen) atoms. The number of amides is 1. The number of fused-ring (bicyclic) bond motifs is 1. The van der Waals surface area contributed by atoms with E-state index in [2.05, 4.69) is 5.32 Å². The van der Waals surface area contributed by atoms with Gasteiger partial charge in [0, 0.05) is 11.8 Å². The minimum atomic E-state index is -0.314. The van der Waals surface area contributed by atoms with Gasteiger partial charge in [0.15, 0.2) is 6.61 Å². The molecule has 0 radical (unpaired) electrons. The first-order valence-electron chi connectivity index (χ1n) is 9.47. The number of anilines is 1. The Labute approximate surface area is 177 Å². The van der Waals surface area contributed by atoms with Crippen LogP contribution < -0.4 is 25.0 Å². The van der Waals surface area contributed by atoms with Crippen LogP contribution in [0.4, 0.5) is 5.69 Å². The summed E-state index contributed by atoms with van der Waals surface area (Å²) in [4.78, 5) is 24.7. The third kappa shape index (κ3) is 4.84. The molecular formula is C24H19NO6. The monoisotopic (exact) mass is 417 g/mol. The number of ether oxygens (including phenoxy) is 3. The van der Waals surface area contributed by atoms with Crippen LogP contribution in [0, 0.1) is 0 Å². The van der Waals surface area contributed by atoms with Gasteiger partial charge in [0.1, 0.15) is 29.1 Å². The summed E-state index contributed by atoms with van der Waals surface area (Å²) in [6, 6.07) is 20.7. The van der Waals surface area contributed by atoms with Crippen molar-refractivity contribution < 1.29 is 23.4 Å². The fourth-order valence-electron chi connectivity index (χ4n) is 2.89. The molecule has 0 fully saturated rings. The van der Waals surface area contributed by atoms with Crippen LogP contribution in [-0.4, -0.2) is 19.6 Å². The predicted molar refractivity (Wildman–Crippen MR) is 116 cm³/mol. The number of carbonyl (C=O) groups is 1. The van der Waals surface area contributed by atoms with Gasteiger partial charge in [0.05, 0.1) is 12.5 Å². The van der Waals surface area contributed by atoms with Crippen molar-refractivity contribution in [3.8, 4) is 23.0 Å². The van der Waals surface area contributed by atoms with Gasteiger partial charge in [-0.1, -0.05) is 18.2 Å². The summed E-state index contributed by atoms with van der Waals surface area (Å²) in [5, 5.41) is 3.07. The minimum absolute atomic E-state index is 0.0635. The van der Waals surface area contributed by atoms with Crippen LogP contribution in [0.25, 0.3) is 11.0 Å². The van der Waals surface area contributed by atoms with Gasteiger partial charge in [0.2, 0.25) is 11.2 Å². The van der Waals surface area contributed by atoms with Crippen molar-refractivity contribution in [2.24, 2.45) is 0 Å². The molecule has 0 aliphatic carbocycles. The number of methoxy groups -OCH3 is 1. The summed E-state index contributed by atoms with van der Waals surface area (Å²) in [6.07, 6.45) is 1.25. The molecule has 1 heterocycles. The Balaban J connectivity index is 1.45. The van der Waals surface area contributed by atoms with E-state index in [9.17, 15) is 9.59 Å². The van der Waals surface area contributed by atoms with Crippen LogP contribution in [0.3, 0.4) is 0 Å². The molecule has 7 heteroatoms. The predicted octanol–water partition coefficient (Wildman–Crippen LogP) is 4.61. The maximum atomic E-state index is 12.7. The number of para-hydroxylation sites is 1. The molecule has 156 valence electrons. The lowest BCUT2D eigenvalue weighted by atomic mass is 10.2.